The summed E-state index contributed by atoms with van der Waals surface area (Å²) in [7, 11) is -0.952. The highest BCUT2D eigenvalue weighted by atomic mass is 32.2. The molecule has 2 aliphatic rings. The number of halogens is 4. The van der Waals surface area contributed by atoms with Crippen molar-refractivity contribution in [3.8, 4) is 17.6 Å². The molecule has 0 saturated carbocycles. The minimum atomic E-state index is -4.49. The van der Waals surface area contributed by atoms with E-state index >= 15 is 0 Å². The molecule has 12 heteroatoms. The Morgan fingerprint density at radius 3 is 2.62 bits per heavy atom. The van der Waals surface area contributed by atoms with Crippen molar-refractivity contribution in [2.75, 3.05) is 50.8 Å². The van der Waals surface area contributed by atoms with Gasteiger partial charge in [-0.2, -0.15) is 13.2 Å². The molecule has 2 N–H and O–H groups in total. The van der Waals surface area contributed by atoms with Crippen LogP contribution in [-0.4, -0.2) is 73.1 Å². The molecule has 0 radical (unpaired) electrons. The minimum Gasteiger partial charge on any atom is -0.495 e. The molecule has 2 saturated heterocycles. The quantitative estimate of drug-likeness (QED) is 0.121. The lowest BCUT2D eigenvalue weighted by Crippen LogP contribution is -2.51. The molecule has 1 aromatic carbocycles. The van der Waals surface area contributed by atoms with Crippen LogP contribution in [0, 0.1) is 11.8 Å². The Kier molecular flexibility index (Phi) is 9.08. The lowest BCUT2D eigenvalue weighted by molar-refractivity contribution is -0.0329. The van der Waals surface area contributed by atoms with E-state index in [0.717, 1.165) is 31.4 Å². The zero-order valence-electron chi connectivity index (χ0n) is 23.8. The molecular formula is C30H35F4N4O2PS. The normalized spacial score (nSPS) is 20.8. The van der Waals surface area contributed by atoms with Gasteiger partial charge < -0.3 is 24.3 Å². The van der Waals surface area contributed by atoms with Crippen LogP contribution in [0.25, 0.3) is 5.52 Å². The van der Waals surface area contributed by atoms with Crippen LogP contribution in [-0.2, 0) is 4.57 Å². The average Bonchev–Trinajstić information content (AvgIpc) is 3.41. The van der Waals surface area contributed by atoms with Gasteiger partial charge in [0.15, 0.2) is 0 Å². The summed E-state index contributed by atoms with van der Waals surface area (Å²) >= 11 is -0.183. The maximum absolute atomic E-state index is 13.6. The largest absolute Gasteiger partial charge is 0.495 e. The van der Waals surface area contributed by atoms with E-state index in [1.807, 2.05) is 6.07 Å². The molecule has 2 bridgehead atoms. The van der Waals surface area contributed by atoms with Crippen LogP contribution in [0.5, 0.6) is 5.75 Å². The maximum Gasteiger partial charge on any atom is 0.447 e. The summed E-state index contributed by atoms with van der Waals surface area (Å²) in [6.45, 7) is 3.55. The number of fused-ring (bicyclic) bond motifs is 3. The number of anilines is 2. The van der Waals surface area contributed by atoms with Gasteiger partial charge in [-0.05, 0) is 75.4 Å². The number of nitrogens with one attached hydrogen (secondary N) is 2. The van der Waals surface area contributed by atoms with Crippen molar-refractivity contribution in [2.45, 2.75) is 54.3 Å². The smallest absolute Gasteiger partial charge is 0.447 e. The standard InChI is InChI=1S/C30H35F4N4O2PS/c1-40-28-19-22(41(2,3)39)10-12-25(28)35-15-4-6-20-18-27-23(7-5-16-38(27)29(20)42-30(32,33)34)36-24-11-8-21-9-13-26(24)37(21)17-14-31/h5,7,10,12,16,18-19,21,24,26,35-36H,8-9,11,13-15,17H2,1-3H3/t21-,24-,26-/m1/s1. The Labute approximate surface area is 247 Å². The highest BCUT2D eigenvalue weighted by Gasteiger charge is 2.42. The van der Waals surface area contributed by atoms with Crippen LogP contribution < -0.4 is 20.7 Å². The molecular weight excluding hydrogens is 587 g/mol. The van der Waals surface area contributed by atoms with E-state index in [9.17, 15) is 22.1 Å². The Morgan fingerprint density at radius 2 is 1.90 bits per heavy atom. The first-order valence-corrected chi connectivity index (χ1v) is 17.3. The van der Waals surface area contributed by atoms with E-state index < -0.39 is 12.7 Å². The summed E-state index contributed by atoms with van der Waals surface area (Å²) in [5, 5.41) is 7.42. The van der Waals surface area contributed by atoms with Gasteiger partial charge in [-0.3, -0.25) is 4.90 Å². The van der Waals surface area contributed by atoms with Crippen molar-refractivity contribution in [1.82, 2.24) is 9.30 Å². The van der Waals surface area contributed by atoms with Gasteiger partial charge in [-0.15, -0.1) is 0 Å². The first kappa shape index (κ1) is 30.7. The summed E-state index contributed by atoms with van der Waals surface area (Å²) in [4.78, 5) is 2.25. The van der Waals surface area contributed by atoms with Crippen LogP contribution in [0.2, 0.25) is 0 Å². The number of piperidine rings is 1. The third-order valence-electron chi connectivity index (χ3n) is 8.02. The topological polar surface area (TPSA) is 58.0 Å². The number of hydrogen-bond acceptors (Lipinski definition) is 6. The van der Waals surface area contributed by atoms with Gasteiger partial charge in [-0.25, -0.2) is 4.39 Å². The molecule has 42 heavy (non-hydrogen) atoms. The lowest BCUT2D eigenvalue weighted by atomic mass is 9.97. The number of thioether (sulfide) groups is 1. The second kappa shape index (κ2) is 12.4. The van der Waals surface area contributed by atoms with Crippen molar-refractivity contribution in [2.24, 2.45) is 0 Å². The van der Waals surface area contributed by atoms with E-state index in [4.69, 9.17) is 4.74 Å². The predicted octanol–water partition coefficient (Wildman–Crippen LogP) is 6.65. The van der Waals surface area contributed by atoms with Crippen LogP contribution in [0.3, 0.4) is 0 Å². The van der Waals surface area contributed by atoms with Crippen molar-refractivity contribution >= 4 is 41.1 Å². The van der Waals surface area contributed by atoms with Crippen LogP contribution in [0.4, 0.5) is 28.9 Å². The van der Waals surface area contributed by atoms with Crippen molar-refractivity contribution in [3.05, 3.63) is 48.2 Å². The van der Waals surface area contributed by atoms with Crippen LogP contribution >= 0.6 is 18.9 Å². The fourth-order valence-corrected chi connectivity index (χ4v) is 7.68. The van der Waals surface area contributed by atoms with Gasteiger partial charge in [0, 0.05) is 47.9 Å². The van der Waals surface area contributed by atoms with Gasteiger partial charge in [0.05, 0.1) is 36.1 Å². The summed E-state index contributed by atoms with van der Waals surface area (Å²) in [5.41, 5.74) is -2.23. The molecule has 4 heterocycles. The van der Waals surface area contributed by atoms with Gasteiger partial charge in [0.25, 0.3) is 0 Å². The van der Waals surface area contributed by atoms with Crippen molar-refractivity contribution in [1.29, 1.82) is 0 Å². The van der Waals surface area contributed by atoms with Gasteiger partial charge in [0.1, 0.15) is 24.6 Å². The summed E-state index contributed by atoms with van der Waals surface area (Å²) in [6, 6.07) is 11.3. The third kappa shape index (κ3) is 6.72. The number of nitrogens with zero attached hydrogens (tertiary/aromatic N) is 2. The van der Waals surface area contributed by atoms with Crippen LogP contribution in [0.15, 0.2) is 47.6 Å². The molecule has 0 aliphatic carbocycles. The second-order valence-electron chi connectivity index (χ2n) is 11.0. The van der Waals surface area contributed by atoms with Gasteiger partial charge in [0.2, 0.25) is 0 Å². The maximum atomic E-state index is 13.6. The second-order valence-corrected chi connectivity index (χ2v) is 15.3. The fraction of sp³-hybridized carbons (Fsp3) is 0.467. The molecule has 2 aromatic heterocycles. The Morgan fingerprint density at radius 1 is 1.12 bits per heavy atom. The number of pyridine rings is 1. The molecule has 226 valence electrons. The average molecular weight is 623 g/mol. The van der Waals surface area contributed by atoms with E-state index in [1.54, 1.807) is 49.9 Å². The molecule has 6 nitrogen and oxygen atoms in total. The first-order chi connectivity index (χ1) is 20.0. The SMILES string of the molecule is COc1cc(P(C)(C)=O)ccc1NCC#Cc1cc2c(N[C@@H]3CC[C@@H]4CC[C@H]3N4CCF)cccn2c1SC(F)(F)F. The summed E-state index contributed by atoms with van der Waals surface area (Å²) < 4.78 is 73.5. The summed E-state index contributed by atoms with van der Waals surface area (Å²) in [6.07, 6.45) is 5.55. The Hall–Kier alpha value is -2.80. The highest BCUT2D eigenvalue weighted by molar-refractivity contribution is 8.00. The number of alkyl halides is 4. The highest BCUT2D eigenvalue weighted by Crippen LogP contribution is 2.42. The monoisotopic (exact) mass is 622 g/mol. The van der Waals surface area contributed by atoms with Gasteiger partial charge in [-0.1, -0.05) is 11.8 Å². The van der Waals surface area contributed by atoms with Crippen molar-refractivity contribution < 1.29 is 26.9 Å². The Bertz CT molecular complexity index is 1540. The van der Waals surface area contributed by atoms with E-state index in [-0.39, 0.29) is 47.7 Å². The first-order valence-electron chi connectivity index (χ1n) is 13.9. The number of rotatable bonds is 9. The lowest BCUT2D eigenvalue weighted by Gasteiger charge is -2.40. The van der Waals surface area contributed by atoms with E-state index in [1.165, 1.54) is 11.5 Å². The molecule has 0 amide bonds. The molecule has 0 spiro atoms. The van der Waals surface area contributed by atoms with Gasteiger partial charge >= 0.3 is 5.51 Å². The third-order valence-corrected chi connectivity index (χ3v) is 10.4. The number of hydrogen-bond donors (Lipinski definition) is 2. The number of ether oxygens (including phenoxy) is 1. The van der Waals surface area contributed by atoms with E-state index in [0.29, 0.717) is 34.8 Å². The predicted molar refractivity (Wildman–Crippen MR) is 163 cm³/mol. The van der Waals surface area contributed by atoms with E-state index in [2.05, 4.69) is 27.4 Å². The fourth-order valence-electron chi connectivity index (χ4n) is 6.12. The zero-order valence-corrected chi connectivity index (χ0v) is 25.5. The molecule has 5 rings (SSSR count). The molecule has 3 aromatic rings. The molecule has 2 fully saturated rings. The summed E-state index contributed by atoms with van der Waals surface area (Å²) in [5.74, 6) is 6.39. The molecule has 0 unspecified atom stereocenters. The minimum absolute atomic E-state index is 0.000794. The number of benzene rings is 1. The zero-order chi connectivity index (χ0) is 30.1. The Balaban J connectivity index is 1.40. The number of methoxy groups -OCH3 is 1. The number of aromatic nitrogens is 1. The molecule has 2 aliphatic heterocycles. The molecule has 3 atom stereocenters. The van der Waals surface area contributed by atoms with Crippen LogP contribution in [0.1, 0.15) is 31.2 Å². The van der Waals surface area contributed by atoms with Crippen molar-refractivity contribution in [3.63, 3.8) is 0 Å².